The second-order valence-electron chi connectivity index (χ2n) is 6.16. The first-order chi connectivity index (χ1) is 13.0. The monoisotopic (exact) mass is 377 g/mol. The van der Waals surface area contributed by atoms with Gasteiger partial charge in [0.2, 0.25) is 5.91 Å². The second-order valence-corrected chi connectivity index (χ2v) is 6.16. The highest BCUT2D eigenvalue weighted by molar-refractivity contribution is 5.83. The van der Waals surface area contributed by atoms with Crippen molar-refractivity contribution in [3.8, 4) is 11.5 Å². The number of alkyl halides is 2. The molecule has 0 bridgehead atoms. The molecule has 4 nitrogen and oxygen atoms in total. The maximum Gasteiger partial charge on any atom is 0.387 e. The van der Waals surface area contributed by atoms with Crippen molar-refractivity contribution in [2.45, 2.75) is 38.7 Å². The van der Waals surface area contributed by atoms with Crippen LogP contribution in [0.4, 0.5) is 8.78 Å². The van der Waals surface area contributed by atoms with Gasteiger partial charge in [0.05, 0.1) is 13.0 Å². The van der Waals surface area contributed by atoms with Gasteiger partial charge in [0, 0.05) is 6.54 Å². The van der Waals surface area contributed by atoms with Crippen LogP contribution in [0.25, 0.3) is 0 Å². The lowest BCUT2D eigenvalue weighted by Gasteiger charge is -2.17. The maximum atomic E-state index is 12.6. The van der Waals surface area contributed by atoms with E-state index in [-0.39, 0.29) is 23.3 Å². The molecule has 0 saturated carbocycles. The van der Waals surface area contributed by atoms with Crippen LogP contribution >= 0.6 is 0 Å². The number of halogens is 2. The predicted molar refractivity (Wildman–Crippen MR) is 100 cm³/mol. The molecule has 1 amide bonds. The van der Waals surface area contributed by atoms with E-state index in [1.165, 1.54) is 13.2 Å². The summed E-state index contributed by atoms with van der Waals surface area (Å²) in [7, 11) is 1.39. The van der Waals surface area contributed by atoms with Crippen molar-refractivity contribution in [3.63, 3.8) is 0 Å². The molecule has 2 aromatic carbocycles. The Kier molecular flexibility index (Phi) is 8.04. The molecule has 0 aromatic heterocycles. The minimum Gasteiger partial charge on any atom is -0.493 e. The zero-order chi connectivity index (χ0) is 19.6. The summed E-state index contributed by atoms with van der Waals surface area (Å²) >= 11 is 0. The number of benzene rings is 2. The lowest BCUT2D eigenvalue weighted by Crippen LogP contribution is -2.31. The summed E-state index contributed by atoms with van der Waals surface area (Å²) < 4.78 is 34.5. The largest absolute Gasteiger partial charge is 0.493 e. The van der Waals surface area contributed by atoms with Crippen LogP contribution in [0.3, 0.4) is 0 Å². The standard InChI is InChI=1S/C21H25F2NO3/c1-3-7-17(16-8-5-4-6-9-16)20(25)24-13-12-15-10-11-18(26-2)19(14-15)27-21(22)23/h4-6,8-11,14,17,21H,3,7,12-13H2,1-2H3,(H,24,25). The van der Waals surface area contributed by atoms with Gasteiger partial charge >= 0.3 is 6.61 Å². The first-order valence-corrected chi connectivity index (χ1v) is 8.99. The highest BCUT2D eigenvalue weighted by Crippen LogP contribution is 2.29. The summed E-state index contributed by atoms with van der Waals surface area (Å²) in [4.78, 5) is 12.6. The molecule has 0 saturated heterocycles. The summed E-state index contributed by atoms with van der Waals surface area (Å²) in [5, 5.41) is 2.94. The van der Waals surface area contributed by atoms with Crippen LogP contribution in [0.1, 0.15) is 36.8 Å². The third-order valence-electron chi connectivity index (χ3n) is 4.25. The molecule has 1 atom stereocenters. The third kappa shape index (κ3) is 6.24. The Bertz CT molecular complexity index is 723. The molecule has 0 aliphatic carbocycles. The lowest BCUT2D eigenvalue weighted by atomic mass is 9.93. The Hall–Kier alpha value is -2.63. The lowest BCUT2D eigenvalue weighted by molar-refractivity contribution is -0.122. The first-order valence-electron chi connectivity index (χ1n) is 8.99. The van der Waals surface area contributed by atoms with Gasteiger partial charge in [0.1, 0.15) is 0 Å². The van der Waals surface area contributed by atoms with E-state index in [4.69, 9.17) is 4.74 Å². The van der Waals surface area contributed by atoms with Gasteiger partial charge in [-0.15, -0.1) is 0 Å². The SMILES string of the molecule is CCCC(C(=O)NCCc1ccc(OC)c(OC(F)F)c1)c1ccccc1. The number of rotatable bonds is 10. The van der Waals surface area contributed by atoms with Crippen LogP contribution in [0, 0.1) is 0 Å². The number of carbonyl (C=O) groups excluding carboxylic acids is 1. The highest BCUT2D eigenvalue weighted by Gasteiger charge is 2.19. The van der Waals surface area contributed by atoms with Crippen molar-refractivity contribution in [2.24, 2.45) is 0 Å². The molecular weight excluding hydrogens is 352 g/mol. The van der Waals surface area contributed by atoms with E-state index in [0.29, 0.717) is 13.0 Å². The molecule has 2 rings (SSSR count). The molecular formula is C21H25F2NO3. The van der Waals surface area contributed by atoms with Crippen LogP contribution in [0.15, 0.2) is 48.5 Å². The fourth-order valence-electron chi connectivity index (χ4n) is 2.94. The zero-order valence-electron chi connectivity index (χ0n) is 15.6. The Balaban J connectivity index is 1.97. The summed E-state index contributed by atoms with van der Waals surface area (Å²) in [5.74, 6) is 0.0186. The normalized spacial score (nSPS) is 11.9. The topological polar surface area (TPSA) is 47.6 Å². The Morgan fingerprint density at radius 3 is 2.48 bits per heavy atom. The second kappa shape index (κ2) is 10.5. The van der Waals surface area contributed by atoms with Gasteiger partial charge in [-0.3, -0.25) is 4.79 Å². The van der Waals surface area contributed by atoms with Gasteiger partial charge in [-0.05, 0) is 36.1 Å². The van der Waals surface area contributed by atoms with Gasteiger partial charge in [-0.25, -0.2) is 0 Å². The Labute approximate surface area is 158 Å². The number of hydrogen-bond acceptors (Lipinski definition) is 3. The summed E-state index contributed by atoms with van der Waals surface area (Å²) in [6.45, 7) is -0.466. The quantitative estimate of drug-likeness (QED) is 0.661. The van der Waals surface area contributed by atoms with Gasteiger partial charge < -0.3 is 14.8 Å². The van der Waals surface area contributed by atoms with Crippen molar-refractivity contribution in [1.29, 1.82) is 0 Å². The minimum atomic E-state index is -2.92. The predicted octanol–water partition coefficient (Wildman–Crippen LogP) is 4.54. The molecule has 0 radical (unpaired) electrons. The van der Waals surface area contributed by atoms with E-state index in [1.807, 2.05) is 37.3 Å². The number of amides is 1. The molecule has 0 aliphatic rings. The molecule has 0 fully saturated rings. The van der Waals surface area contributed by atoms with Crippen molar-refractivity contribution >= 4 is 5.91 Å². The molecule has 1 unspecified atom stereocenters. The molecule has 6 heteroatoms. The number of ether oxygens (including phenoxy) is 2. The van der Waals surface area contributed by atoms with Crippen LogP contribution in [0.2, 0.25) is 0 Å². The number of methoxy groups -OCH3 is 1. The van der Waals surface area contributed by atoms with Crippen LogP contribution < -0.4 is 14.8 Å². The molecule has 27 heavy (non-hydrogen) atoms. The van der Waals surface area contributed by atoms with Crippen molar-refractivity contribution in [1.82, 2.24) is 5.32 Å². The van der Waals surface area contributed by atoms with Crippen LogP contribution in [0.5, 0.6) is 11.5 Å². The first kappa shape index (κ1) is 20.7. The summed E-state index contributed by atoms with van der Waals surface area (Å²) in [6.07, 6.45) is 2.17. The average molecular weight is 377 g/mol. The summed E-state index contributed by atoms with van der Waals surface area (Å²) in [6, 6.07) is 14.5. The number of hydrogen-bond donors (Lipinski definition) is 1. The fourth-order valence-corrected chi connectivity index (χ4v) is 2.94. The van der Waals surface area contributed by atoms with E-state index in [9.17, 15) is 13.6 Å². The highest BCUT2D eigenvalue weighted by atomic mass is 19.3. The van der Waals surface area contributed by atoms with Gasteiger partial charge in [-0.2, -0.15) is 8.78 Å². The van der Waals surface area contributed by atoms with E-state index in [0.717, 1.165) is 24.0 Å². The Morgan fingerprint density at radius 1 is 1.11 bits per heavy atom. The molecule has 0 heterocycles. The Morgan fingerprint density at radius 2 is 1.85 bits per heavy atom. The smallest absolute Gasteiger partial charge is 0.387 e. The molecule has 2 aromatic rings. The zero-order valence-corrected chi connectivity index (χ0v) is 15.6. The van der Waals surface area contributed by atoms with Crippen molar-refractivity contribution in [2.75, 3.05) is 13.7 Å². The van der Waals surface area contributed by atoms with Crippen LogP contribution in [-0.4, -0.2) is 26.2 Å². The molecule has 0 aliphatic heterocycles. The fraction of sp³-hybridized carbons (Fsp3) is 0.381. The van der Waals surface area contributed by atoms with Gasteiger partial charge in [-0.1, -0.05) is 49.7 Å². The molecule has 146 valence electrons. The van der Waals surface area contributed by atoms with E-state index >= 15 is 0 Å². The summed E-state index contributed by atoms with van der Waals surface area (Å²) in [5.41, 5.74) is 1.77. The molecule has 0 spiro atoms. The van der Waals surface area contributed by atoms with E-state index in [2.05, 4.69) is 10.1 Å². The van der Waals surface area contributed by atoms with Crippen LogP contribution in [-0.2, 0) is 11.2 Å². The molecule has 1 N–H and O–H groups in total. The average Bonchev–Trinajstić information content (AvgIpc) is 2.66. The number of nitrogens with one attached hydrogen (secondary N) is 1. The van der Waals surface area contributed by atoms with E-state index in [1.54, 1.807) is 12.1 Å². The van der Waals surface area contributed by atoms with Crippen molar-refractivity contribution in [3.05, 3.63) is 59.7 Å². The van der Waals surface area contributed by atoms with Crippen molar-refractivity contribution < 1.29 is 23.0 Å². The van der Waals surface area contributed by atoms with Gasteiger partial charge in [0.15, 0.2) is 11.5 Å². The maximum absolute atomic E-state index is 12.6. The number of carbonyl (C=O) groups is 1. The minimum absolute atomic E-state index is 0.00975. The third-order valence-corrected chi connectivity index (χ3v) is 4.25. The van der Waals surface area contributed by atoms with E-state index < -0.39 is 6.61 Å². The van der Waals surface area contributed by atoms with Gasteiger partial charge in [0.25, 0.3) is 0 Å².